The van der Waals surface area contributed by atoms with Gasteiger partial charge in [-0.1, -0.05) is 12.1 Å². The first-order valence-corrected chi connectivity index (χ1v) is 11.9. The molecule has 0 aromatic heterocycles. The molecule has 2 amide bonds. The van der Waals surface area contributed by atoms with Crippen LogP contribution < -0.4 is 14.8 Å². The van der Waals surface area contributed by atoms with Crippen LogP contribution in [0.25, 0.3) is 0 Å². The monoisotopic (exact) mass is 485 g/mol. The van der Waals surface area contributed by atoms with E-state index in [0.717, 1.165) is 11.3 Å². The maximum Gasteiger partial charge on any atom is 0.253 e. The van der Waals surface area contributed by atoms with Crippen LogP contribution in [0.2, 0.25) is 0 Å². The summed E-state index contributed by atoms with van der Waals surface area (Å²) in [6, 6.07) is 11.4. The van der Waals surface area contributed by atoms with Crippen molar-refractivity contribution < 1.29 is 28.6 Å². The fraction of sp³-hybridized carbons (Fsp3) is 0.462. The Morgan fingerprint density at radius 2 is 1.89 bits per heavy atom. The second-order valence-electron chi connectivity index (χ2n) is 9.04. The molecule has 2 saturated heterocycles. The Bertz CT molecular complexity index is 1060. The van der Waals surface area contributed by atoms with Crippen molar-refractivity contribution in [3.05, 3.63) is 59.4 Å². The maximum atomic E-state index is 14.0. The summed E-state index contributed by atoms with van der Waals surface area (Å²) in [6.07, 6.45) is 1.17. The van der Waals surface area contributed by atoms with Gasteiger partial charge in [0.25, 0.3) is 5.91 Å². The number of aliphatic hydroxyl groups excluding tert-OH is 1. The van der Waals surface area contributed by atoms with E-state index in [2.05, 4.69) is 10.2 Å². The van der Waals surface area contributed by atoms with Gasteiger partial charge in [0.1, 0.15) is 5.75 Å². The number of hydrogen-bond donors (Lipinski definition) is 2. The van der Waals surface area contributed by atoms with Crippen LogP contribution in [0.4, 0.5) is 4.39 Å². The topological polar surface area (TPSA) is 91.3 Å². The molecule has 0 aliphatic carbocycles. The minimum absolute atomic E-state index is 0.0800. The molecule has 0 bridgehead atoms. The Balaban J connectivity index is 1.34. The van der Waals surface area contributed by atoms with E-state index in [0.29, 0.717) is 45.4 Å². The molecule has 0 saturated carbocycles. The second-order valence-corrected chi connectivity index (χ2v) is 9.04. The molecule has 2 N–H and O–H groups in total. The summed E-state index contributed by atoms with van der Waals surface area (Å²) in [5.74, 6) is -0.0744. The number of likely N-dealkylation sites (tertiary alicyclic amines) is 2. The van der Waals surface area contributed by atoms with Gasteiger partial charge in [-0.2, -0.15) is 0 Å². The van der Waals surface area contributed by atoms with Crippen molar-refractivity contribution in [2.45, 2.75) is 44.0 Å². The third-order valence-electron chi connectivity index (χ3n) is 6.84. The number of rotatable bonds is 7. The minimum atomic E-state index is -0.568. The molecule has 2 heterocycles. The molecule has 2 aromatic carbocycles. The van der Waals surface area contributed by atoms with E-state index in [1.54, 1.807) is 18.1 Å². The summed E-state index contributed by atoms with van der Waals surface area (Å²) in [7, 11) is 2.98. The Morgan fingerprint density at radius 1 is 1.11 bits per heavy atom. The summed E-state index contributed by atoms with van der Waals surface area (Å²) in [5.41, 5.74) is 1.22. The molecule has 8 nitrogen and oxygen atoms in total. The lowest BCUT2D eigenvalue weighted by Gasteiger charge is -2.39. The van der Waals surface area contributed by atoms with E-state index in [4.69, 9.17) is 9.47 Å². The molecule has 188 valence electrons. The second kappa shape index (κ2) is 11.0. The summed E-state index contributed by atoms with van der Waals surface area (Å²) >= 11 is 0. The highest BCUT2D eigenvalue weighted by Crippen LogP contribution is 2.28. The van der Waals surface area contributed by atoms with Crippen molar-refractivity contribution in [1.29, 1.82) is 0 Å². The molecule has 0 radical (unpaired) electrons. The molecule has 2 aliphatic heterocycles. The van der Waals surface area contributed by atoms with Crippen molar-refractivity contribution in [3.63, 3.8) is 0 Å². The fourth-order valence-corrected chi connectivity index (χ4v) is 4.97. The highest BCUT2D eigenvalue weighted by atomic mass is 19.1. The first-order chi connectivity index (χ1) is 16.9. The van der Waals surface area contributed by atoms with Gasteiger partial charge in [-0.05, 0) is 55.2 Å². The number of carbonyl (C=O) groups is 2. The van der Waals surface area contributed by atoms with Gasteiger partial charge in [0.2, 0.25) is 5.91 Å². The largest absolute Gasteiger partial charge is 0.497 e. The molecule has 0 unspecified atom stereocenters. The third kappa shape index (κ3) is 5.74. The summed E-state index contributed by atoms with van der Waals surface area (Å²) in [4.78, 5) is 29.6. The van der Waals surface area contributed by atoms with E-state index in [1.165, 1.54) is 19.2 Å². The molecule has 35 heavy (non-hydrogen) atoms. The first-order valence-electron chi connectivity index (χ1n) is 11.9. The fourth-order valence-electron chi connectivity index (χ4n) is 4.97. The molecule has 2 aromatic rings. The Hall–Kier alpha value is -3.17. The molecule has 9 heteroatoms. The molecule has 4 rings (SSSR count). The minimum Gasteiger partial charge on any atom is -0.497 e. The quantitative estimate of drug-likeness (QED) is 0.625. The SMILES string of the molecule is COc1cccc(CNC(=O)[C@@H]2C[C@@H](O)CN2C2CCN(C(=O)c3ccc(OC)c(F)c3)CC2)c1. The number of methoxy groups -OCH3 is 2. The van der Waals surface area contributed by atoms with E-state index in [9.17, 15) is 19.1 Å². The number of carbonyl (C=O) groups excluding carboxylic acids is 2. The van der Waals surface area contributed by atoms with Crippen LogP contribution in [0.1, 0.15) is 35.2 Å². The number of piperidine rings is 1. The lowest BCUT2D eigenvalue weighted by atomic mass is 10.0. The predicted molar refractivity (Wildman–Crippen MR) is 128 cm³/mol. The molecular formula is C26H32FN3O5. The van der Waals surface area contributed by atoms with Gasteiger partial charge in [0.15, 0.2) is 11.6 Å². The Labute approximate surface area is 204 Å². The smallest absolute Gasteiger partial charge is 0.253 e. The van der Waals surface area contributed by atoms with E-state index < -0.39 is 18.0 Å². The van der Waals surface area contributed by atoms with Gasteiger partial charge >= 0.3 is 0 Å². The number of amides is 2. The van der Waals surface area contributed by atoms with E-state index >= 15 is 0 Å². The standard InChI is InChI=1S/C26H32FN3O5/c1-34-21-5-3-4-17(12-21)15-28-25(32)23-14-20(31)16-30(23)19-8-10-29(11-9-19)26(33)18-6-7-24(35-2)22(27)13-18/h3-7,12-13,19-20,23,31H,8-11,14-16H2,1-2H3,(H,28,32)/t20-,23+/m1/s1. The highest BCUT2D eigenvalue weighted by molar-refractivity contribution is 5.94. The Morgan fingerprint density at radius 3 is 2.57 bits per heavy atom. The molecule has 2 fully saturated rings. The van der Waals surface area contributed by atoms with Crippen LogP contribution in [-0.4, -0.2) is 78.8 Å². The van der Waals surface area contributed by atoms with E-state index in [1.807, 2.05) is 24.3 Å². The van der Waals surface area contributed by atoms with Gasteiger partial charge in [0.05, 0.1) is 26.4 Å². The maximum absolute atomic E-state index is 14.0. The van der Waals surface area contributed by atoms with Gasteiger partial charge < -0.3 is 24.8 Å². The number of nitrogens with one attached hydrogen (secondary N) is 1. The molecule has 2 atom stereocenters. The first kappa shape index (κ1) is 24.9. The van der Waals surface area contributed by atoms with Crippen molar-refractivity contribution >= 4 is 11.8 Å². The normalized spacial score (nSPS) is 21.1. The van der Waals surface area contributed by atoms with Gasteiger partial charge in [0, 0.05) is 37.8 Å². The van der Waals surface area contributed by atoms with Crippen LogP contribution in [-0.2, 0) is 11.3 Å². The Kier molecular flexibility index (Phi) is 7.87. The van der Waals surface area contributed by atoms with Gasteiger partial charge in [-0.15, -0.1) is 0 Å². The molecular weight excluding hydrogens is 453 g/mol. The van der Waals surface area contributed by atoms with Crippen LogP contribution in [0.5, 0.6) is 11.5 Å². The van der Waals surface area contributed by atoms with Crippen LogP contribution >= 0.6 is 0 Å². The summed E-state index contributed by atoms with van der Waals surface area (Å²) in [6.45, 7) is 1.81. The zero-order valence-electron chi connectivity index (χ0n) is 20.1. The van der Waals surface area contributed by atoms with Crippen molar-refractivity contribution in [2.75, 3.05) is 33.9 Å². The average molecular weight is 486 g/mol. The van der Waals surface area contributed by atoms with Crippen LogP contribution in [0.3, 0.4) is 0 Å². The van der Waals surface area contributed by atoms with Crippen LogP contribution in [0.15, 0.2) is 42.5 Å². The number of hydrogen-bond acceptors (Lipinski definition) is 6. The zero-order chi connectivity index (χ0) is 24.9. The molecule has 2 aliphatic rings. The van der Waals surface area contributed by atoms with Crippen molar-refractivity contribution in [3.8, 4) is 11.5 Å². The number of halogens is 1. The highest BCUT2D eigenvalue weighted by Gasteiger charge is 2.41. The van der Waals surface area contributed by atoms with Crippen molar-refractivity contribution in [2.24, 2.45) is 0 Å². The number of β-amino-alcohol motifs (C(OH)–C–C–N with tert-alkyl or cyclic N) is 1. The predicted octanol–water partition coefficient (Wildman–Crippen LogP) is 2.20. The summed E-state index contributed by atoms with van der Waals surface area (Å²) < 4.78 is 24.2. The van der Waals surface area contributed by atoms with Crippen molar-refractivity contribution in [1.82, 2.24) is 15.1 Å². The summed E-state index contributed by atoms with van der Waals surface area (Å²) in [5, 5.41) is 13.3. The number of nitrogens with zero attached hydrogens (tertiary/aromatic N) is 2. The van der Waals surface area contributed by atoms with Gasteiger partial charge in [-0.3, -0.25) is 14.5 Å². The lowest BCUT2D eigenvalue weighted by molar-refractivity contribution is -0.126. The third-order valence-corrected chi connectivity index (χ3v) is 6.84. The number of aliphatic hydroxyl groups is 1. The van der Waals surface area contributed by atoms with E-state index in [-0.39, 0.29) is 29.2 Å². The zero-order valence-corrected chi connectivity index (χ0v) is 20.1. The average Bonchev–Trinajstić information content (AvgIpc) is 3.28. The lowest BCUT2D eigenvalue weighted by Crippen LogP contribution is -2.52. The van der Waals surface area contributed by atoms with Crippen LogP contribution in [0, 0.1) is 5.82 Å². The molecule has 0 spiro atoms. The number of benzene rings is 2. The van der Waals surface area contributed by atoms with Gasteiger partial charge in [-0.25, -0.2) is 4.39 Å². The number of ether oxygens (including phenoxy) is 2.